The van der Waals surface area contributed by atoms with Gasteiger partial charge in [-0.05, 0) is 16.7 Å². The zero-order valence-electron chi connectivity index (χ0n) is 11.7. The summed E-state index contributed by atoms with van der Waals surface area (Å²) < 4.78 is 0. The average molecular weight is 274 g/mol. The van der Waals surface area contributed by atoms with Crippen molar-refractivity contribution in [2.45, 2.75) is 5.04 Å². The SMILES string of the molecule is [SiH3]C(c1ccccc1)(c1ccccc1)c1ccccc1. The summed E-state index contributed by atoms with van der Waals surface area (Å²) in [6.45, 7) is 0. The molecule has 0 N–H and O–H groups in total. The van der Waals surface area contributed by atoms with E-state index in [0.29, 0.717) is 0 Å². The van der Waals surface area contributed by atoms with E-state index in [2.05, 4.69) is 91.0 Å². The van der Waals surface area contributed by atoms with Gasteiger partial charge in [0.05, 0.1) is 0 Å². The van der Waals surface area contributed by atoms with Crippen LogP contribution in [0.25, 0.3) is 0 Å². The second-order valence-electron chi connectivity index (χ2n) is 5.22. The Morgan fingerprint density at radius 1 is 0.450 bits per heavy atom. The molecule has 3 aromatic carbocycles. The largest absolute Gasteiger partial charge is 0.0622 e. The lowest BCUT2D eigenvalue weighted by molar-refractivity contribution is 0.877. The van der Waals surface area contributed by atoms with Crippen LogP contribution in [0.1, 0.15) is 16.7 Å². The van der Waals surface area contributed by atoms with Gasteiger partial charge >= 0.3 is 0 Å². The van der Waals surface area contributed by atoms with Crippen molar-refractivity contribution in [3.05, 3.63) is 108 Å². The fourth-order valence-corrected chi connectivity index (χ4v) is 3.81. The Hall–Kier alpha value is -2.12. The molecule has 0 fully saturated rings. The molecule has 98 valence electrons. The molecule has 3 aromatic rings. The lowest BCUT2D eigenvalue weighted by Gasteiger charge is -2.32. The number of benzene rings is 3. The van der Waals surface area contributed by atoms with E-state index in [0.717, 1.165) is 10.2 Å². The van der Waals surface area contributed by atoms with Crippen LogP contribution in [-0.2, 0) is 5.04 Å². The Kier molecular flexibility index (Phi) is 3.53. The first kappa shape index (κ1) is 12.9. The molecule has 20 heavy (non-hydrogen) atoms. The van der Waals surface area contributed by atoms with E-state index in [-0.39, 0.29) is 5.04 Å². The molecule has 0 radical (unpaired) electrons. The first-order valence-corrected chi connectivity index (χ1v) is 7.98. The monoisotopic (exact) mass is 274 g/mol. The molecular formula is C19H18Si. The molecule has 0 spiro atoms. The molecule has 3 rings (SSSR count). The van der Waals surface area contributed by atoms with Gasteiger partial charge in [0.25, 0.3) is 0 Å². The molecule has 0 nitrogen and oxygen atoms in total. The van der Waals surface area contributed by atoms with Gasteiger partial charge in [0.2, 0.25) is 0 Å². The van der Waals surface area contributed by atoms with Gasteiger partial charge in [0.15, 0.2) is 0 Å². The van der Waals surface area contributed by atoms with E-state index in [1.165, 1.54) is 16.7 Å². The maximum atomic E-state index is 2.24. The van der Waals surface area contributed by atoms with Gasteiger partial charge < -0.3 is 0 Å². The van der Waals surface area contributed by atoms with Gasteiger partial charge in [0, 0.05) is 15.3 Å². The Labute approximate surface area is 123 Å². The van der Waals surface area contributed by atoms with Crippen molar-refractivity contribution in [3.8, 4) is 0 Å². The molecule has 1 heteroatoms. The fraction of sp³-hybridized carbons (Fsp3) is 0.0526. The smallest absolute Gasteiger partial charge is 0.0282 e. The van der Waals surface area contributed by atoms with Gasteiger partial charge in [-0.15, -0.1) is 0 Å². The molecule has 0 amide bonds. The molecule has 0 saturated carbocycles. The highest BCUT2D eigenvalue weighted by molar-refractivity contribution is 6.20. The van der Waals surface area contributed by atoms with Crippen LogP contribution in [0, 0.1) is 0 Å². The molecule has 0 unspecified atom stereocenters. The van der Waals surface area contributed by atoms with Crippen LogP contribution < -0.4 is 0 Å². The molecule has 0 aliphatic heterocycles. The van der Waals surface area contributed by atoms with Crippen LogP contribution in [-0.4, -0.2) is 10.2 Å². The molecular weight excluding hydrogens is 256 g/mol. The summed E-state index contributed by atoms with van der Waals surface area (Å²) in [7, 11) is 1.03. The third-order valence-corrected chi connectivity index (χ3v) is 5.79. The Morgan fingerprint density at radius 2 is 0.700 bits per heavy atom. The van der Waals surface area contributed by atoms with Crippen molar-refractivity contribution >= 4 is 10.2 Å². The normalized spacial score (nSPS) is 11.4. The van der Waals surface area contributed by atoms with E-state index in [9.17, 15) is 0 Å². The summed E-state index contributed by atoms with van der Waals surface area (Å²) in [5.41, 5.74) is 4.14. The first-order valence-electron chi connectivity index (χ1n) is 6.98. The highest BCUT2D eigenvalue weighted by Gasteiger charge is 2.30. The first-order chi connectivity index (χ1) is 9.82. The highest BCUT2D eigenvalue weighted by atomic mass is 28.1. The van der Waals surface area contributed by atoms with Gasteiger partial charge in [-0.25, -0.2) is 0 Å². The summed E-state index contributed by atoms with van der Waals surface area (Å²) in [6.07, 6.45) is 0. The molecule has 0 aliphatic carbocycles. The average Bonchev–Trinajstić information content (AvgIpc) is 2.56. The quantitative estimate of drug-likeness (QED) is 0.507. The minimum absolute atomic E-state index is 0.0176. The Bertz CT molecular complexity index is 563. The van der Waals surface area contributed by atoms with E-state index in [4.69, 9.17) is 0 Å². The van der Waals surface area contributed by atoms with Crippen molar-refractivity contribution in [1.29, 1.82) is 0 Å². The van der Waals surface area contributed by atoms with Crippen LogP contribution in [0.4, 0.5) is 0 Å². The maximum absolute atomic E-state index is 2.24. The van der Waals surface area contributed by atoms with Gasteiger partial charge in [-0.2, -0.15) is 0 Å². The van der Waals surface area contributed by atoms with Gasteiger partial charge in [-0.1, -0.05) is 91.0 Å². The van der Waals surface area contributed by atoms with Crippen molar-refractivity contribution in [2.24, 2.45) is 0 Å². The number of hydrogen-bond acceptors (Lipinski definition) is 0. The Balaban J connectivity index is 2.24. The van der Waals surface area contributed by atoms with Crippen LogP contribution in [0.3, 0.4) is 0 Å². The van der Waals surface area contributed by atoms with E-state index in [1.54, 1.807) is 0 Å². The molecule has 0 aliphatic rings. The van der Waals surface area contributed by atoms with Crippen molar-refractivity contribution in [3.63, 3.8) is 0 Å². The van der Waals surface area contributed by atoms with Crippen LogP contribution in [0.15, 0.2) is 91.0 Å². The molecule has 0 saturated heterocycles. The lowest BCUT2D eigenvalue weighted by atomic mass is 9.84. The summed E-state index contributed by atoms with van der Waals surface area (Å²) in [5, 5.41) is 0.0176. The predicted molar refractivity (Wildman–Crippen MR) is 89.1 cm³/mol. The third kappa shape index (κ3) is 2.21. The van der Waals surface area contributed by atoms with Crippen molar-refractivity contribution in [1.82, 2.24) is 0 Å². The van der Waals surface area contributed by atoms with Crippen LogP contribution in [0.2, 0.25) is 0 Å². The van der Waals surface area contributed by atoms with E-state index >= 15 is 0 Å². The fourth-order valence-electron chi connectivity index (χ4n) is 2.81. The zero-order valence-corrected chi connectivity index (χ0v) is 13.7. The molecule has 0 heterocycles. The summed E-state index contributed by atoms with van der Waals surface area (Å²) in [5.74, 6) is 0. The van der Waals surface area contributed by atoms with Gasteiger partial charge in [-0.3, -0.25) is 0 Å². The number of rotatable bonds is 3. The summed E-state index contributed by atoms with van der Waals surface area (Å²) in [6, 6.07) is 32.5. The summed E-state index contributed by atoms with van der Waals surface area (Å²) >= 11 is 0. The molecule has 0 atom stereocenters. The zero-order chi connectivity index (χ0) is 13.8. The highest BCUT2D eigenvalue weighted by Crippen LogP contribution is 2.35. The second-order valence-corrected chi connectivity index (χ2v) is 6.72. The minimum Gasteiger partial charge on any atom is -0.0622 e. The second kappa shape index (κ2) is 5.47. The third-order valence-electron chi connectivity index (χ3n) is 4.05. The molecule has 0 aromatic heterocycles. The predicted octanol–water partition coefficient (Wildman–Crippen LogP) is 3.34. The van der Waals surface area contributed by atoms with Crippen LogP contribution >= 0.6 is 0 Å². The van der Waals surface area contributed by atoms with E-state index in [1.807, 2.05) is 0 Å². The Morgan fingerprint density at radius 3 is 0.950 bits per heavy atom. The summed E-state index contributed by atoms with van der Waals surface area (Å²) in [4.78, 5) is 0. The minimum atomic E-state index is 0.0176. The van der Waals surface area contributed by atoms with Crippen LogP contribution in [0.5, 0.6) is 0 Å². The maximum Gasteiger partial charge on any atom is 0.0282 e. The standard InChI is InChI=1S/C19H18Si/c20-19(16-10-4-1-5-11-16,17-12-6-2-7-13-17)18-14-8-3-9-15-18/h1-15H,20H3. The number of hydrogen-bond donors (Lipinski definition) is 0. The van der Waals surface area contributed by atoms with Crippen molar-refractivity contribution < 1.29 is 0 Å². The van der Waals surface area contributed by atoms with Crippen molar-refractivity contribution in [2.75, 3.05) is 0 Å². The lowest BCUT2D eigenvalue weighted by Crippen LogP contribution is -2.29. The topological polar surface area (TPSA) is 0 Å². The van der Waals surface area contributed by atoms with Gasteiger partial charge in [0.1, 0.15) is 0 Å². The van der Waals surface area contributed by atoms with E-state index < -0.39 is 0 Å². The molecule has 0 bridgehead atoms.